The van der Waals surface area contributed by atoms with Crippen LogP contribution >= 0.6 is 11.6 Å². The second-order valence-electron chi connectivity index (χ2n) is 5.87. The fraction of sp³-hybridized carbons (Fsp3) is 0.0476. The van der Waals surface area contributed by atoms with Crippen LogP contribution in [0, 0.1) is 0 Å². The highest BCUT2D eigenvalue weighted by Gasteiger charge is 2.14. The maximum atomic E-state index is 12.7. The van der Waals surface area contributed by atoms with Crippen LogP contribution in [0.5, 0.6) is 0 Å². The third-order valence-corrected chi connectivity index (χ3v) is 4.13. The first-order valence-corrected chi connectivity index (χ1v) is 8.67. The fourth-order valence-electron chi connectivity index (χ4n) is 2.55. The summed E-state index contributed by atoms with van der Waals surface area (Å²) in [6.45, 7) is 0. The Labute approximate surface area is 162 Å². The van der Waals surface area contributed by atoms with Gasteiger partial charge in [0, 0.05) is 34.7 Å². The van der Waals surface area contributed by atoms with Crippen molar-refractivity contribution in [3.05, 3.63) is 89.4 Å². The van der Waals surface area contributed by atoms with Crippen molar-refractivity contribution in [1.29, 1.82) is 0 Å². The Hall–Kier alpha value is -3.31. The minimum absolute atomic E-state index is 0.167. The zero-order valence-electron chi connectivity index (χ0n) is 14.6. The van der Waals surface area contributed by atoms with Crippen LogP contribution in [-0.4, -0.2) is 19.0 Å². The summed E-state index contributed by atoms with van der Waals surface area (Å²) in [4.78, 5) is 26.4. The SMILES string of the molecule is CN(C(=O)c1cccc(NC(=O)Nc2cccc(Cl)c2)c1)c1ccccc1. The van der Waals surface area contributed by atoms with E-state index in [1.165, 1.54) is 0 Å². The zero-order valence-corrected chi connectivity index (χ0v) is 15.4. The summed E-state index contributed by atoms with van der Waals surface area (Å²) in [5.74, 6) is -0.167. The second-order valence-corrected chi connectivity index (χ2v) is 6.31. The first kappa shape index (κ1) is 18.5. The molecular weight excluding hydrogens is 362 g/mol. The van der Waals surface area contributed by atoms with Gasteiger partial charge in [0.05, 0.1) is 0 Å². The lowest BCUT2D eigenvalue weighted by molar-refractivity contribution is 0.0993. The number of hydrogen-bond donors (Lipinski definition) is 2. The van der Waals surface area contributed by atoms with E-state index in [9.17, 15) is 9.59 Å². The zero-order chi connectivity index (χ0) is 19.2. The van der Waals surface area contributed by atoms with Crippen molar-refractivity contribution in [2.24, 2.45) is 0 Å². The van der Waals surface area contributed by atoms with E-state index < -0.39 is 6.03 Å². The number of para-hydroxylation sites is 1. The van der Waals surface area contributed by atoms with Crippen molar-refractivity contribution in [3.63, 3.8) is 0 Å². The van der Waals surface area contributed by atoms with Crippen molar-refractivity contribution < 1.29 is 9.59 Å². The lowest BCUT2D eigenvalue weighted by Gasteiger charge is -2.17. The second kappa shape index (κ2) is 8.38. The van der Waals surface area contributed by atoms with Gasteiger partial charge in [0.2, 0.25) is 0 Å². The molecule has 3 rings (SSSR count). The first-order valence-electron chi connectivity index (χ1n) is 8.30. The molecule has 0 aliphatic heterocycles. The normalized spacial score (nSPS) is 10.1. The molecule has 0 saturated carbocycles. The van der Waals surface area contributed by atoms with E-state index >= 15 is 0 Å². The van der Waals surface area contributed by atoms with Gasteiger partial charge in [0.1, 0.15) is 0 Å². The Morgan fingerprint density at radius 2 is 1.44 bits per heavy atom. The molecule has 0 fully saturated rings. The highest BCUT2D eigenvalue weighted by Crippen LogP contribution is 2.18. The topological polar surface area (TPSA) is 61.4 Å². The van der Waals surface area contributed by atoms with Crippen LogP contribution in [0.1, 0.15) is 10.4 Å². The standard InChI is InChI=1S/C21H18ClN3O2/c1-25(19-11-3-2-4-12-19)20(26)15-7-5-9-17(13-15)23-21(27)24-18-10-6-8-16(22)14-18/h2-14H,1H3,(H2,23,24,27). The Kier molecular flexibility index (Phi) is 5.74. The van der Waals surface area contributed by atoms with Gasteiger partial charge in [-0.1, -0.05) is 41.9 Å². The maximum Gasteiger partial charge on any atom is 0.323 e. The number of amides is 3. The molecule has 3 amide bonds. The molecule has 0 aromatic heterocycles. The maximum absolute atomic E-state index is 12.7. The molecule has 0 atom stereocenters. The number of benzene rings is 3. The van der Waals surface area contributed by atoms with E-state index in [1.54, 1.807) is 60.5 Å². The largest absolute Gasteiger partial charge is 0.323 e. The molecule has 0 saturated heterocycles. The smallest absolute Gasteiger partial charge is 0.311 e. The molecule has 0 unspecified atom stereocenters. The summed E-state index contributed by atoms with van der Waals surface area (Å²) in [5, 5.41) is 5.95. The van der Waals surface area contributed by atoms with Crippen molar-refractivity contribution in [2.75, 3.05) is 22.6 Å². The average Bonchev–Trinajstić information content (AvgIpc) is 2.67. The summed E-state index contributed by atoms with van der Waals surface area (Å²) in [6, 6.07) is 22.6. The number of carbonyl (C=O) groups is 2. The van der Waals surface area contributed by atoms with Crippen LogP contribution in [0.25, 0.3) is 0 Å². The monoisotopic (exact) mass is 379 g/mol. The van der Waals surface area contributed by atoms with E-state index in [-0.39, 0.29) is 5.91 Å². The van der Waals surface area contributed by atoms with Gasteiger partial charge in [-0.15, -0.1) is 0 Å². The van der Waals surface area contributed by atoms with Gasteiger partial charge in [-0.2, -0.15) is 0 Å². The van der Waals surface area contributed by atoms with Gasteiger partial charge < -0.3 is 15.5 Å². The number of carbonyl (C=O) groups excluding carboxylic acids is 2. The van der Waals surface area contributed by atoms with Gasteiger partial charge in [0.15, 0.2) is 0 Å². The number of hydrogen-bond acceptors (Lipinski definition) is 2. The summed E-state index contributed by atoms with van der Waals surface area (Å²) in [7, 11) is 1.71. The first-order chi connectivity index (χ1) is 13.0. The van der Waals surface area contributed by atoms with Gasteiger partial charge in [-0.3, -0.25) is 4.79 Å². The van der Waals surface area contributed by atoms with Crippen LogP contribution in [0.2, 0.25) is 5.02 Å². The molecule has 2 N–H and O–H groups in total. The van der Waals surface area contributed by atoms with Crippen molar-refractivity contribution in [2.45, 2.75) is 0 Å². The number of nitrogens with one attached hydrogen (secondary N) is 2. The van der Waals surface area contributed by atoms with E-state index in [0.717, 1.165) is 5.69 Å². The van der Waals surface area contributed by atoms with Crippen LogP contribution in [0.15, 0.2) is 78.9 Å². The van der Waals surface area contributed by atoms with Crippen LogP contribution in [0.4, 0.5) is 21.9 Å². The molecule has 0 bridgehead atoms. The summed E-state index contributed by atoms with van der Waals surface area (Å²) in [6.07, 6.45) is 0. The van der Waals surface area contributed by atoms with Gasteiger partial charge in [-0.25, -0.2) is 4.79 Å². The Bertz CT molecular complexity index is 960. The molecule has 0 heterocycles. The number of nitrogens with zero attached hydrogens (tertiary/aromatic N) is 1. The Balaban J connectivity index is 1.69. The van der Waals surface area contributed by atoms with E-state index in [1.807, 2.05) is 30.3 Å². The van der Waals surface area contributed by atoms with E-state index in [0.29, 0.717) is 22.0 Å². The highest BCUT2D eigenvalue weighted by atomic mass is 35.5. The molecule has 3 aromatic carbocycles. The number of anilines is 3. The lowest BCUT2D eigenvalue weighted by atomic mass is 10.1. The molecule has 0 radical (unpaired) electrons. The molecule has 0 spiro atoms. The van der Waals surface area contributed by atoms with Crippen LogP contribution < -0.4 is 15.5 Å². The molecule has 27 heavy (non-hydrogen) atoms. The highest BCUT2D eigenvalue weighted by molar-refractivity contribution is 6.30. The molecule has 3 aromatic rings. The predicted octanol–water partition coefficient (Wildman–Crippen LogP) is 5.26. The third kappa shape index (κ3) is 4.86. The van der Waals surface area contributed by atoms with E-state index in [2.05, 4.69) is 10.6 Å². The molecule has 5 nitrogen and oxygen atoms in total. The van der Waals surface area contributed by atoms with Gasteiger partial charge in [0.25, 0.3) is 5.91 Å². The number of halogens is 1. The Morgan fingerprint density at radius 3 is 2.11 bits per heavy atom. The summed E-state index contributed by atoms with van der Waals surface area (Å²) >= 11 is 5.91. The van der Waals surface area contributed by atoms with Crippen LogP contribution in [0.3, 0.4) is 0 Å². The quantitative estimate of drug-likeness (QED) is 0.649. The van der Waals surface area contributed by atoms with E-state index in [4.69, 9.17) is 11.6 Å². The number of urea groups is 1. The number of rotatable bonds is 4. The average molecular weight is 380 g/mol. The molecule has 0 aliphatic carbocycles. The Morgan fingerprint density at radius 1 is 0.815 bits per heavy atom. The van der Waals surface area contributed by atoms with Crippen LogP contribution in [-0.2, 0) is 0 Å². The minimum atomic E-state index is -0.418. The van der Waals surface area contributed by atoms with Crippen molar-refractivity contribution in [1.82, 2.24) is 0 Å². The summed E-state index contributed by atoms with van der Waals surface area (Å²) in [5.41, 5.74) is 2.36. The molecule has 136 valence electrons. The third-order valence-electron chi connectivity index (χ3n) is 3.90. The lowest BCUT2D eigenvalue weighted by Crippen LogP contribution is -2.26. The van der Waals surface area contributed by atoms with Crippen molar-refractivity contribution >= 4 is 40.6 Å². The summed E-state index contributed by atoms with van der Waals surface area (Å²) < 4.78 is 0. The molecule has 0 aliphatic rings. The van der Waals surface area contributed by atoms with Gasteiger partial charge in [-0.05, 0) is 48.5 Å². The minimum Gasteiger partial charge on any atom is -0.311 e. The molecular formula is C21H18ClN3O2. The molecule has 6 heteroatoms. The van der Waals surface area contributed by atoms with Gasteiger partial charge >= 0.3 is 6.03 Å². The fourth-order valence-corrected chi connectivity index (χ4v) is 2.74. The van der Waals surface area contributed by atoms with Crippen molar-refractivity contribution in [3.8, 4) is 0 Å². The predicted molar refractivity (Wildman–Crippen MR) is 110 cm³/mol.